The number of hydrogen-bond acceptors (Lipinski definition) is 3. The van der Waals surface area contributed by atoms with E-state index in [1.54, 1.807) is 0 Å². The number of ether oxygens (including phenoxy) is 1. The maximum Gasteiger partial charge on any atom is 0.0586 e. The molecule has 1 aromatic rings. The van der Waals surface area contributed by atoms with Crippen LogP contribution >= 0.6 is 0 Å². The third kappa shape index (κ3) is 3.22. The van der Waals surface area contributed by atoms with Crippen molar-refractivity contribution in [2.75, 3.05) is 19.8 Å². The van der Waals surface area contributed by atoms with Crippen molar-refractivity contribution in [3.63, 3.8) is 0 Å². The van der Waals surface area contributed by atoms with Crippen molar-refractivity contribution in [1.29, 1.82) is 0 Å². The average Bonchev–Trinajstić information content (AvgIpc) is 2.91. The standard InChI is InChI=1S/C17H25NO2S/c1-2-9-18-17-15-6-4-3-5-13(15)12-16(17)21(19)14-7-10-20-11-8-14/h3-6,14,16-18H,2,7-12H2,1H3. The van der Waals surface area contributed by atoms with Gasteiger partial charge in [0.25, 0.3) is 0 Å². The Balaban J connectivity index is 1.78. The van der Waals surface area contributed by atoms with Crippen LogP contribution in [0, 0.1) is 0 Å². The second kappa shape index (κ2) is 7.03. The highest BCUT2D eigenvalue weighted by molar-refractivity contribution is 7.86. The summed E-state index contributed by atoms with van der Waals surface area (Å²) in [5, 5.41) is 4.16. The smallest absolute Gasteiger partial charge is 0.0586 e. The van der Waals surface area contributed by atoms with Gasteiger partial charge in [0.05, 0.1) is 5.25 Å². The largest absolute Gasteiger partial charge is 0.381 e. The van der Waals surface area contributed by atoms with Gasteiger partial charge < -0.3 is 10.1 Å². The first-order valence-electron chi connectivity index (χ1n) is 8.09. The van der Waals surface area contributed by atoms with Gasteiger partial charge in [-0.25, -0.2) is 0 Å². The Kier molecular flexibility index (Phi) is 5.09. The van der Waals surface area contributed by atoms with E-state index in [2.05, 4.69) is 36.5 Å². The molecule has 1 aromatic carbocycles. The van der Waals surface area contributed by atoms with Gasteiger partial charge in [-0.3, -0.25) is 4.21 Å². The molecule has 116 valence electrons. The summed E-state index contributed by atoms with van der Waals surface area (Å²) in [6.45, 7) is 4.70. The summed E-state index contributed by atoms with van der Waals surface area (Å²) >= 11 is 0. The van der Waals surface area contributed by atoms with Crippen LogP contribution in [-0.2, 0) is 22.0 Å². The third-order valence-electron chi connectivity index (χ3n) is 4.59. The predicted octanol–water partition coefficient (Wildman–Crippen LogP) is 2.58. The van der Waals surface area contributed by atoms with Crippen LogP contribution in [0.3, 0.4) is 0 Å². The Morgan fingerprint density at radius 3 is 2.81 bits per heavy atom. The molecule has 0 amide bonds. The Bertz CT molecular complexity index is 499. The number of fused-ring (bicyclic) bond motifs is 1. The van der Waals surface area contributed by atoms with Gasteiger partial charge in [-0.2, -0.15) is 0 Å². The van der Waals surface area contributed by atoms with Gasteiger partial charge in [-0.15, -0.1) is 0 Å². The molecule has 4 heteroatoms. The van der Waals surface area contributed by atoms with Gasteiger partial charge in [0.1, 0.15) is 0 Å². The van der Waals surface area contributed by atoms with E-state index in [0.29, 0.717) is 5.25 Å². The van der Waals surface area contributed by atoms with Crippen LogP contribution in [0.25, 0.3) is 0 Å². The molecule has 3 rings (SSSR count). The van der Waals surface area contributed by atoms with E-state index in [1.165, 1.54) is 11.1 Å². The second-order valence-electron chi connectivity index (χ2n) is 6.01. The van der Waals surface area contributed by atoms with Crippen molar-refractivity contribution in [2.45, 2.75) is 49.1 Å². The lowest BCUT2D eigenvalue weighted by atomic mass is 10.1. The number of nitrogens with one attached hydrogen (secondary N) is 1. The van der Waals surface area contributed by atoms with E-state index in [1.807, 2.05) is 0 Å². The fourth-order valence-corrected chi connectivity index (χ4v) is 5.48. The molecule has 1 N–H and O–H groups in total. The highest BCUT2D eigenvalue weighted by Crippen LogP contribution is 2.36. The maximum absolute atomic E-state index is 13.1. The highest BCUT2D eigenvalue weighted by Gasteiger charge is 2.38. The van der Waals surface area contributed by atoms with Crippen LogP contribution in [0.2, 0.25) is 0 Å². The Morgan fingerprint density at radius 1 is 1.29 bits per heavy atom. The lowest BCUT2D eigenvalue weighted by Gasteiger charge is -2.28. The normalized spacial score (nSPS) is 27.5. The lowest BCUT2D eigenvalue weighted by Crippen LogP contribution is -2.38. The van der Waals surface area contributed by atoms with Crippen molar-refractivity contribution >= 4 is 10.8 Å². The molecule has 1 fully saturated rings. The van der Waals surface area contributed by atoms with Gasteiger partial charge >= 0.3 is 0 Å². The molecule has 0 radical (unpaired) electrons. The molecule has 2 aliphatic rings. The molecule has 1 saturated heterocycles. The summed E-state index contributed by atoms with van der Waals surface area (Å²) in [4.78, 5) is 0. The minimum absolute atomic E-state index is 0.219. The highest BCUT2D eigenvalue weighted by atomic mass is 32.2. The van der Waals surface area contributed by atoms with E-state index in [-0.39, 0.29) is 11.3 Å². The minimum Gasteiger partial charge on any atom is -0.381 e. The van der Waals surface area contributed by atoms with Crippen LogP contribution < -0.4 is 5.32 Å². The van der Waals surface area contributed by atoms with Crippen molar-refractivity contribution < 1.29 is 8.95 Å². The maximum atomic E-state index is 13.1. The number of rotatable bonds is 5. The molecule has 0 aromatic heterocycles. The first-order valence-corrected chi connectivity index (χ1v) is 9.37. The van der Waals surface area contributed by atoms with Crippen molar-refractivity contribution in [3.05, 3.63) is 35.4 Å². The minimum atomic E-state index is -0.784. The third-order valence-corrected chi connectivity index (χ3v) is 6.76. The summed E-state index contributed by atoms with van der Waals surface area (Å²) in [5.41, 5.74) is 2.73. The molecular formula is C17H25NO2S. The SMILES string of the molecule is CCCNC1c2ccccc2CC1S(=O)C1CCOCC1. The van der Waals surface area contributed by atoms with E-state index < -0.39 is 10.8 Å². The summed E-state index contributed by atoms with van der Waals surface area (Å²) < 4.78 is 18.5. The van der Waals surface area contributed by atoms with Crippen LogP contribution in [0.4, 0.5) is 0 Å². The molecule has 0 spiro atoms. The Morgan fingerprint density at radius 2 is 2.05 bits per heavy atom. The topological polar surface area (TPSA) is 38.3 Å². The van der Waals surface area contributed by atoms with E-state index >= 15 is 0 Å². The first-order chi connectivity index (χ1) is 10.3. The molecule has 3 nitrogen and oxygen atoms in total. The first kappa shape index (κ1) is 15.2. The molecule has 1 aliphatic heterocycles. The fraction of sp³-hybridized carbons (Fsp3) is 0.647. The lowest BCUT2D eigenvalue weighted by molar-refractivity contribution is 0.0990. The van der Waals surface area contributed by atoms with Crippen molar-refractivity contribution in [1.82, 2.24) is 5.32 Å². The van der Waals surface area contributed by atoms with E-state index in [0.717, 1.165) is 45.4 Å². The molecule has 0 saturated carbocycles. The Hall–Kier alpha value is -0.710. The van der Waals surface area contributed by atoms with Gasteiger partial charge in [0, 0.05) is 35.3 Å². The predicted molar refractivity (Wildman–Crippen MR) is 87.0 cm³/mol. The van der Waals surface area contributed by atoms with Crippen LogP contribution in [0.5, 0.6) is 0 Å². The van der Waals surface area contributed by atoms with E-state index in [9.17, 15) is 4.21 Å². The number of hydrogen-bond donors (Lipinski definition) is 1. The molecule has 0 bridgehead atoms. The molecule has 1 heterocycles. The zero-order chi connectivity index (χ0) is 14.7. The van der Waals surface area contributed by atoms with E-state index in [4.69, 9.17) is 4.74 Å². The van der Waals surface area contributed by atoms with Crippen LogP contribution in [-0.4, -0.2) is 34.5 Å². The van der Waals surface area contributed by atoms with Gasteiger partial charge in [-0.1, -0.05) is 31.2 Å². The van der Waals surface area contributed by atoms with Crippen molar-refractivity contribution in [2.24, 2.45) is 0 Å². The zero-order valence-electron chi connectivity index (χ0n) is 12.7. The quantitative estimate of drug-likeness (QED) is 0.908. The van der Waals surface area contributed by atoms with Gasteiger partial charge in [-0.05, 0) is 43.4 Å². The summed E-state index contributed by atoms with van der Waals surface area (Å²) in [5.74, 6) is 0. The summed E-state index contributed by atoms with van der Waals surface area (Å²) in [7, 11) is -0.784. The number of benzene rings is 1. The van der Waals surface area contributed by atoms with Gasteiger partial charge in [0.15, 0.2) is 0 Å². The van der Waals surface area contributed by atoms with Crippen LogP contribution in [0.15, 0.2) is 24.3 Å². The molecule has 1 aliphatic carbocycles. The van der Waals surface area contributed by atoms with Crippen LogP contribution in [0.1, 0.15) is 43.4 Å². The molecular weight excluding hydrogens is 282 g/mol. The summed E-state index contributed by atoms with van der Waals surface area (Å²) in [6, 6.07) is 8.83. The molecule has 21 heavy (non-hydrogen) atoms. The Labute approximate surface area is 129 Å². The molecule has 3 unspecified atom stereocenters. The monoisotopic (exact) mass is 307 g/mol. The fourth-order valence-electron chi connectivity index (χ4n) is 3.47. The summed E-state index contributed by atoms with van der Waals surface area (Å²) in [6.07, 6.45) is 3.94. The zero-order valence-corrected chi connectivity index (χ0v) is 13.5. The molecule has 3 atom stereocenters. The van der Waals surface area contributed by atoms with Crippen molar-refractivity contribution in [3.8, 4) is 0 Å². The second-order valence-corrected chi connectivity index (χ2v) is 7.94. The average molecular weight is 307 g/mol. The van der Waals surface area contributed by atoms with Gasteiger partial charge in [0.2, 0.25) is 0 Å².